The summed E-state index contributed by atoms with van der Waals surface area (Å²) in [6.07, 6.45) is 0. The molecule has 0 saturated carbocycles. The largest absolute Gasteiger partial charge is 0.476 e. The molecule has 0 radical (unpaired) electrons. The van der Waals surface area contributed by atoms with E-state index in [-0.39, 0.29) is 5.69 Å². The number of carbonyl (C=O) groups is 1. The predicted molar refractivity (Wildman–Crippen MR) is 92.9 cm³/mol. The molecule has 4 nitrogen and oxygen atoms in total. The van der Waals surface area contributed by atoms with Crippen molar-refractivity contribution in [2.45, 2.75) is 6.54 Å². The smallest absolute Gasteiger partial charge is 0.356 e. The summed E-state index contributed by atoms with van der Waals surface area (Å²) < 4.78 is 2.65. The van der Waals surface area contributed by atoms with Crippen molar-refractivity contribution in [3.63, 3.8) is 0 Å². The van der Waals surface area contributed by atoms with Gasteiger partial charge >= 0.3 is 5.97 Å². The third-order valence-corrected chi connectivity index (χ3v) is 4.17. The first-order valence-corrected chi connectivity index (χ1v) is 8.01. The zero-order valence-corrected chi connectivity index (χ0v) is 14.3. The Labute approximate surface area is 146 Å². The van der Waals surface area contributed by atoms with E-state index in [1.54, 1.807) is 22.9 Å². The number of carboxylic acid groups (broad SMARTS) is 1. The van der Waals surface area contributed by atoms with Crippen LogP contribution in [0.3, 0.4) is 0 Å². The molecule has 2 aromatic carbocycles. The number of hydrogen-bond donors (Lipinski definition) is 1. The standard InChI is InChI=1S/C17H12BrClN2O2/c18-13-5-3-12(4-6-13)16-9-15(17(22)23)20-21(16)10-11-1-7-14(19)8-2-11/h1-9H,10H2,(H,22,23). The lowest BCUT2D eigenvalue weighted by Crippen LogP contribution is -2.05. The molecular formula is C17H12BrClN2O2. The van der Waals surface area contributed by atoms with E-state index < -0.39 is 5.97 Å². The van der Waals surface area contributed by atoms with Gasteiger partial charge in [0.15, 0.2) is 5.69 Å². The van der Waals surface area contributed by atoms with Crippen molar-refractivity contribution in [1.82, 2.24) is 9.78 Å². The van der Waals surface area contributed by atoms with Crippen molar-refractivity contribution < 1.29 is 9.90 Å². The van der Waals surface area contributed by atoms with E-state index >= 15 is 0 Å². The molecule has 0 atom stereocenters. The SMILES string of the molecule is O=C(O)c1cc(-c2ccc(Br)cc2)n(Cc2ccc(Cl)cc2)n1. The molecule has 1 heterocycles. The fourth-order valence-corrected chi connectivity index (χ4v) is 2.65. The van der Waals surface area contributed by atoms with E-state index in [0.29, 0.717) is 11.6 Å². The molecule has 0 saturated heterocycles. The van der Waals surface area contributed by atoms with E-state index in [9.17, 15) is 9.90 Å². The first-order chi connectivity index (χ1) is 11.0. The molecule has 0 fully saturated rings. The Balaban J connectivity index is 2.02. The Bertz CT molecular complexity index is 842. The van der Waals surface area contributed by atoms with Gasteiger partial charge in [-0.2, -0.15) is 5.10 Å². The van der Waals surface area contributed by atoms with Crippen LogP contribution in [0.15, 0.2) is 59.1 Å². The third-order valence-electron chi connectivity index (χ3n) is 3.38. The molecule has 1 aromatic heterocycles. The van der Waals surface area contributed by atoms with E-state index in [2.05, 4.69) is 21.0 Å². The van der Waals surface area contributed by atoms with Gasteiger partial charge in [-0.05, 0) is 41.5 Å². The lowest BCUT2D eigenvalue weighted by molar-refractivity contribution is 0.0689. The number of nitrogens with zero attached hydrogens (tertiary/aromatic N) is 2. The summed E-state index contributed by atoms with van der Waals surface area (Å²) in [5.41, 5.74) is 2.68. The Morgan fingerprint density at radius 2 is 1.78 bits per heavy atom. The number of aromatic nitrogens is 2. The number of aromatic carboxylic acids is 1. The highest BCUT2D eigenvalue weighted by atomic mass is 79.9. The van der Waals surface area contributed by atoms with Gasteiger partial charge in [0.1, 0.15) is 0 Å². The van der Waals surface area contributed by atoms with Gasteiger partial charge in [-0.1, -0.05) is 51.8 Å². The molecule has 0 bridgehead atoms. The van der Waals surface area contributed by atoms with E-state index in [0.717, 1.165) is 21.3 Å². The Morgan fingerprint density at radius 1 is 1.13 bits per heavy atom. The highest BCUT2D eigenvalue weighted by Crippen LogP contribution is 2.24. The van der Waals surface area contributed by atoms with Crippen molar-refractivity contribution in [2.75, 3.05) is 0 Å². The van der Waals surface area contributed by atoms with Crippen LogP contribution in [0.4, 0.5) is 0 Å². The van der Waals surface area contributed by atoms with Crippen LogP contribution in [0, 0.1) is 0 Å². The fraction of sp³-hybridized carbons (Fsp3) is 0.0588. The van der Waals surface area contributed by atoms with Gasteiger partial charge in [-0.3, -0.25) is 4.68 Å². The molecule has 1 N–H and O–H groups in total. The average molecular weight is 392 g/mol. The zero-order valence-electron chi connectivity index (χ0n) is 11.9. The third kappa shape index (κ3) is 3.63. The van der Waals surface area contributed by atoms with Gasteiger partial charge in [0.05, 0.1) is 12.2 Å². The molecular weight excluding hydrogens is 380 g/mol. The maximum absolute atomic E-state index is 11.2. The lowest BCUT2D eigenvalue weighted by atomic mass is 10.1. The predicted octanol–water partition coefficient (Wildman–Crippen LogP) is 4.71. The minimum atomic E-state index is -1.04. The van der Waals surface area contributed by atoms with Crippen LogP contribution in [0.25, 0.3) is 11.3 Å². The summed E-state index contributed by atoms with van der Waals surface area (Å²) in [6, 6.07) is 16.7. The van der Waals surface area contributed by atoms with Crippen molar-refractivity contribution in [1.29, 1.82) is 0 Å². The second-order valence-electron chi connectivity index (χ2n) is 5.01. The minimum Gasteiger partial charge on any atom is -0.476 e. The number of halogens is 2. The highest BCUT2D eigenvalue weighted by molar-refractivity contribution is 9.10. The van der Waals surface area contributed by atoms with Crippen LogP contribution in [0.1, 0.15) is 16.1 Å². The first-order valence-electron chi connectivity index (χ1n) is 6.84. The van der Waals surface area contributed by atoms with Crippen molar-refractivity contribution in [3.8, 4) is 11.3 Å². The lowest BCUT2D eigenvalue weighted by Gasteiger charge is -2.08. The van der Waals surface area contributed by atoms with Crippen molar-refractivity contribution in [2.24, 2.45) is 0 Å². The van der Waals surface area contributed by atoms with Crippen LogP contribution >= 0.6 is 27.5 Å². The van der Waals surface area contributed by atoms with Crippen molar-refractivity contribution in [3.05, 3.63) is 75.4 Å². The van der Waals surface area contributed by atoms with E-state index in [4.69, 9.17) is 11.6 Å². The van der Waals surface area contributed by atoms with Gasteiger partial charge < -0.3 is 5.11 Å². The number of hydrogen-bond acceptors (Lipinski definition) is 2. The normalized spacial score (nSPS) is 10.7. The topological polar surface area (TPSA) is 55.1 Å². The molecule has 3 rings (SSSR count). The van der Waals surface area contributed by atoms with E-state index in [1.165, 1.54) is 0 Å². The first kappa shape index (κ1) is 15.8. The van der Waals surface area contributed by atoms with Crippen molar-refractivity contribution >= 4 is 33.5 Å². The summed E-state index contributed by atoms with van der Waals surface area (Å²) in [4.78, 5) is 11.2. The van der Waals surface area contributed by atoms with Gasteiger partial charge in [0.25, 0.3) is 0 Å². The van der Waals surface area contributed by atoms with Crippen LogP contribution < -0.4 is 0 Å². The van der Waals surface area contributed by atoms with Gasteiger partial charge in [-0.15, -0.1) is 0 Å². The summed E-state index contributed by atoms with van der Waals surface area (Å²) in [5.74, 6) is -1.04. The maximum atomic E-state index is 11.2. The zero-order chi connectivity index (χ0) is 16.4. The number of carboxylic acids is 1. The molecule has 0 spiro atoms. The molecule has 3 aromatic rings. The number of benzene rings is 2. The molecule has 0 aliphatic carbocycles. The van der Waals surface area contributed by atoms with E-state index in [1.807, 2.05) is 36.4 Å². The van der Waals surface area contributed by atoms with Gasteiger partial charge in [-0.25, -0.2) is 4.79 Å². The second kappa shape index (κ2) is 6.56. The highest BCUT2D eigenvalue weighted by Gasteiger charge is 2.15. The molecule has 0 aliphatic heterocycles. The molecule has 116 valence electrons. The summed E-state index contributed by atoms with van der Waals surface area (Å²) in [6.45, 7) is 0.468. The monoisotopic (exact) mass is 390 g/mol. The second-order valence-corrected chi connectivity index (χ2v) is 6.36. The van der Waals surface area contributed by atoms with Gasteiger partial charge in [0, 0.05) is 9.50 Å². The van der Waals surface area contributed by atoms with Crippen LogP contribution in [-0.2, 0) is 6.54 Å². The molecule has 23 heavy (non-hydrogen) atoms. The molecule has 0 aliphatic rings. The quantitative estimate of drug-likeness (QED) is 0.700. The number of rotatable bonds is 4. The summed E-state index contributed by atoms with van der Waals surface area (Å²) >= 11 is 9.29. The Kier molecular flexibility index (Phi) is 4.50. The Morgan fingerprint density at radius 3 is 2.39 bits per heavy atom. The van der Waals surface area contributed by atoms with Crippen LogP contribution in [0.5, 0.6) is 0 Å². The molecule has 6 heteroatoms. The minimum absolute atomic E-state index is 0.0249. The van der Waals surface area contributed by atoms with Crippen LogP contribution in [0.2, 0.25) is 5.02 Å². The molecule has 0 unspecified atom stereocenters. The Hall–Kier alpha value is -2.11. The maximum Gasteiger partial charge on any atom is 0.356 e. The average Bonchev–Trinajstić information content (AvgIpc) is 2.94. The summed E-state index contributed by atoms with van der Waals surface area (Å²) in [7, 11) is 0. The van der Waals surface area contributed by atoms with Crippen LogP contribution in [-0.4, -0.2) is 20.9 Å². The summed E-state index contributed by atoms with van der Waals surface area (Å²) in [5, 5.41) is 14.1. The van der Waals surface area contributed by atoms with Gasteiger partial charge in [0.2, 0.25) is 0 Å². The molecule has 0 amide bonds. The fourth-order valence-electron chi connectivity index (χ4n) is 2.26.